The highest BCUT2D eigenvalue weighted by Crippen LogP contribution is 2.38. The average Bonchev–Trinajstić information content (AvgIpc) is 3.00. The standard InChI is InChI=1S/C14H19N5O/c1-2-10-3-5-14(15,6-4-10)13-18-12(19-20-13)11-9-16-7-8-17-11/h7-10H,2-6,15H2,1H3. The van der Waals surface area contributed by atoms with E-state index in [4.69, 9.17) is 10.3 Å². The fraction of sp³-hybridized carbons (Fsp3) is 0.571. The van der Waals surface area contributed by atoms with E-state index in [1.165, 1.54) is 6.42 Å². The summed E-state index contributed by atoms with van der Waals surface area (Å²) in [6, 6.07) is 0. The maximum Gasteiger partial charge on any atom is 0.247 e. The van der Waals surface area contributed by atoms with Gasteiger partial charge in [0.25, 0.3) is 0 Å². The molecule has 0 saturated heterocycles. The van der Waals surface area contributed by atoms with E-state index < -0.39 is 5.54 Å². The molecule has 0 amide bonds. The Morgan fingerprint density at radius 2 is 2.15 bits per heavy atom. The van der Waals surface area contributed by atoms with E-state index in [2.05, 4.69) is 27.0 Å². The van der Waals surface area contributed by atoms with E-state index in [-0.39, 0.29) is 0 Å². The molecule has 3 rings (SSSR count). The van der Waals surface area contributed by atoms with Gasteiger partial charge in [0.1, 0.15) is 5.69 Å². The van der Waals surface area contributed by atoms with Crippen molar-refractivity contribution in [3.8, 4) is 11.5 Å². The van der Waals surface area contributed by atoms with Crippen LogP contribution in [0.1, 0.15) is 44.9 Å². The Morgan fingerprint density at radius 1 is 1.35 bits per heavy atom. The van der Waals surface area contributed by atoms with Crippen molar-refractivity contribution in [3.05, 3.63) is 24.5 Å². The summed E-state index contributed by atoms with van der Waals surface area (Å²) in [6.45, 7) is 2.23. The molecule has 0 aromatic carbocycles. The maximum atomic E-state index is 6.46. The molecule has 20 heavy (non-hydrogen) atoms. The highest BCUT2D eigenvalue weighted by atomic mass is 16.5. The third-order valence-corrected chi connectivity index (χ3v) is 4.22. The Morgan fingerprint density at radius 3 is 2.80 bits per heavy atom. The van der Waals surface area contributed by atoms with E-state index in [0.29, 0.717) is 17.4 Å². The van der Waals surface area contributed by atoms with E-state index in [1.54, 1.807) is 18.6 Å². The van der Waals surface area contributed by atoms with Crippen LogP contribution >= 0.6 is 0 Å². The van der Waals surface area contributed by atoms with Gasteiger partial charge in [-0.1, -0.05) is 18.5 Å². The van der Waals surface area contributed by atoms with Crippen molar-refractivity contribution in [1.29, 1.82) is 0 Å². The second-order valence-corrected chi connectivity index (χ2v) is 5.52. The number of hydrogen-bond donors (Lipinski definition) is 1. The van der Waals surface area contributed by atoms with Gasteiger partial charge in [-0.2, -0.15) is 4.98 Å². The molecule has 0 atom stereocenters. The molecule has 2 aromatic rings. The van der Waals surface area contributed by atoms with Crippen LogP contribution in [0.2, 0.25) is 0 Å². The van der Waals surface area contributed by atoms with Crippen molar-refractivity contribution in [2.75, 3.05) is 0 Å². The van der Waals surface area contributed by atoms with Gasteiger partial charge in [0, 0.05) is 12.4 Å². The van der Waals surface area contributed by atoms with Crippen LogP contribution in [0.5, 0.6) is 0 Å². The normalized spacial score (nSPS) is 26.6. The molecule has 6 heteroatoms. The molecule has 1 saturated carbocycles. The lowest BCUT2D eigenvalue weighted by molar-refractivity contribution is 0.181. The lowest BCUT2D eigenvalue weighted by Gasteiger charge is -2.33. The zero-order valence-corrected chi connectivity index (χ0v) is 11.6. The monoisotopic (exact) mass is 273 g/mol. The van der Waals surface area contributed by atoms with E-state index in [9.17, 15) is 0 Å². The minimum Gasteiger partial charge on any atom is -0.337 e. The van der Waals surface area contributed by atoms with Crippen molar-refractivity contribution in [2.24, 2.45) is 11.7 Å². The zero-order chi connectivity index (χ0) is 14.0. The summed E-state index contributed by atoms with van der Waals surface area (Å²) in [6.07, 6.45) is 10.1. The van der Waals surface area contributed by atoms with Crippen molar-refractivity contribution in [1.82, 2.24) is 20.1 Å². The number of nitrogens with two attached hydrogens (primary N) is 1. The minimum absolute atomic E-state index is 0.454. The molecule has 1 aliphatic rings. The largest absolute Gasteiger partial charge is 0.337 e. The number of rotatable bonds is 3. The molecular formula is C14H19N5O. The van der Waals surface area contributed by atoms with Crippen LogP contribution in [0.3, 0.4) is 0 Å². The molecule has 0 aliphatic heterocycles. The van der Waals surface area contributed by atoms with Crippen LogP contribution in [0.25, 0.3) is 11.5 Å². The van der Waals surface area contributed by atoms with Gasteiger partial charge in [0.15, 0.2) is 0 Å². The lowest BCUT2D eigenvalue weighted by atomic mass is 9.76. The number of hydrogen-bond acceptors (Lipinski definition) is 6. The van der Waals surface area contributed by atoms with Crippen LogP contribution < -0.4 is 5.73 Å². The van der Waals surface area contributed by atoms with Gasteiger partial charge in [-0.05, 0) is 31.6 Å². The van der Waals surface area contributed by atoms with Gasteiger partial charge in [-0.25, -0.2) is 4.98 Å². The van der Waals surface area contributed by atoms with Crippen LogP contribution in [-0.4, -0.2) is 20.1 Å². The molecule has 2 aromatic heterocycles. The molecule has 1 fully saturated rings. The number of nitrogens with zero attached hydrogens (tertiary/aromatic N) is 4. The molecule has 2 heterocycles. The van der Waals surface area contributed by atoms with Gasteiger partial charge < -0.3 is 10.3 Å². The van der Waals surface area contributed by atoms with Crippen molar-refractivity contribution in [3.63, 3.8) is 0 Å². The fourth-order valence-electron chi connectivity index (χ4n) is 2.76. The summed E-state index contributed by atoms with van der Waals surface area (Å²) >= 11 is 0. The average molecular weight is 273 g/mol. The first-order chi connectivity index (χ1) is 9.71. The Labute approximate surface area is 117 Å². The van der Waals surface area contributed by atoms with Gasteiger partial charge in [0.2, 0.25) is 11.7 Å². The van der Waals surface area contributed by atoms with E-state index >= 15 is 0 Å². The first-order valence-electron chi connectivity index (χ1n) is 7.11. The Kier molecular flexibility index (Phi) is 3.48. The van der Waals surface area contributed by atoms with Crippen LogP contribution in [0.15, 0.2) is 23.1 Å². The summed E-state index contributed by atoms with van der Waals surface area (Å²) < 4.78 is 5.38. The van der Waals surface area contributed by atoms with Gasteiger partial charge in [-0.15, -0.1) is 0 Å². The smallest absolute Gasteiger partial charge is 0.247 e. The maximum absolute atomic E-state index is 6.46. The molecule has 6 nitrogen and oxygen atoms in total. The zero-order valence-electron chi connectivity index (χ0n) is 11.6. The lowest BCUT2D eigenvalue weighted by Crippen LogP contribution is -2.40. The fourth-order valence-corrected chi connectivity index (χ4v) is 2.76. The van der Waals surface area contributed by atoms with Gasteiger partial charge >= 0.3 is 0 Å². The second kappa shape index (κ2) is 5.28. The van der Waals surface area contributed by atoms with E-state index in [1.807, 2.05) is 0 Å². The van der Waals surface area contributed by atoms with Gasteiger partial charge in [-0.3, -0.25) is 4.98 Å². The van der Waals surface area contributed by atoms with Gasteiger partial charge in [0.05, 0.1) is 11.7 Å². The van der Waals surface area contributed by atoms with Crippen molar-refractivity contribution < 1.29 is 4.52 Å². The second-order valence-electron chi connectivity index (χ2n) is 5.52. The highest BCUT2D eigenvalue weighted by molar-refractivity contribution is 5.45. The summed E-state index contributed by atoms with van der Waals surface area (Å²) in [4.78, 5) is 12.6. The topological polar surface area (TPSA) is 90.7 Å². The molecule has 2 N–H and O–H groups in total. The molecule has 0 unspecified atom stereocenters. The quantitative estimate of drug-likeness (QED) is 0.922. The summed E-state index contributed by atoms with van der Waals surface area (Å²) in [5.41, 5.74) is 6.57. The molecule has 0 spiro atoms. The predicted octanol–water partition coefficient (Wildman–Crippen LogP) is 2.28. The van der Waals surface area contributed by atoms with Crippen LogP contribution in [0.4, 0.5) is 0 Å². The van der Waals surface area contributed by atoms with Crippen LogP contribution in [0, 0.1) is 5.92 Å². The Bertz CT molecular complexity index is 560. The molecule has 0 bridgehead atoms. The Hall–Kier alpha value is -1.82. The minimum atomic E-state index is -0.487. The molecule has 106 valence electrons. The summed E-state index contributed by atoms with van der Waals surface area (Å²) in [7, 11) is 0. The predicted molar refractivity (Wildman–Crippen MR) is 73.4 cm³/mol. The third-order valence-electron chi connectivity index (χ3n) is 4.22. The third kappa shape index (κ3) is 2.43. The first kappa shape index (κ1) is 13.2. The highest BCUT2D eigenvalue weighted by Gasteiger charge is 2.37. The van der Waals surface area contributed by atoms with Crippen LogP contribution in [-0.2, 0) is 5.54 Å². The SMILES string of the molecule is CCC1CCC(N)(c2nc(-c3cnccn3)no2)CC1. The summed E-state index contributed by atoms with van der Waals surface area (Å²) in [5, 5.41) is 3.98. The summed E-state index contributed by atoms with van der Waals surface area (Å²) in [5.74, 6) is 1.75. The Balaban J connectivity index is 1.80. The molecular weight excluding hydrogens is 254 g/mol. The molecule has 1 aliphatic carbocycles. The van der Waals surface area contributed by atoms with Crippen molar-refractivity contribution in [2.45, 2.75) is 44.6 Å². The first-order valence-corrected chi connectivity index (χ1v) is 7.11. The number of aromatic nitrogens is 4. The van der Waals surface area contributed by atoms with E-state index in [0.717, 1.165) is 31.6 Å². The molecule has 0 radical (unpaired) electrons. The van der Waals surface area contributed by atoms with Crippen molar-refractivity contribution >= 4 is 0 Å².